The largest absolute Gasteiger partial charge is 0.466 e. The minimum absolute atomic E-state index is 0.188. The van der Waals surface area contributed by atoms with Gasteiger partial charge in [0.25, 0.3) is 0 Å². The van der Waals surface area contributed by atoms with E-state index in [1.807, 2.05) is 0 Å². The maximum atomic E-state index is 10.3. The first-order chi connectivity index (χ1) is 10.5. The Labute approximate surface area is 134 Å². The zero-order valence-corrected chi connectivity index (χ0v) is 14.5. The molecule has 0 aliphatic carbocycles. The SMILES string of the molecule is COCCCCCCOC(C)=O.COCCCCOC(C)=O. The number of unbranched alkanes of at least 4 members (excludes halogenated alkanes) is 4. The number of esters is 2. The van der Waals surface area contributed by atoms with Crippen molar-refractivity contribution in [1.82, 2.24) is 0 Å². The molecule has 0 bridgehead atoms. The van der Waals surface area contributed by atoms with Crippen molar-refractivity contribution in [3.8, 4) is 0 Å². The van der Waals surface area contributed by atoms with Gasteiger partial charge in [-0.1, -0.05) is 6.42 Å². The van der Waals surface area contributed by atoms with Crippen molar-refractivity contribution in [1.29, 1.82) is 0 Å². The average molecular weight is 320 g/mol. The standard InChI is InChI=1S/C9H18O3.C7H14O3/c1-9(10)12-8-6-4-3-5-7-11-2;1-7(8)10-6-4-3-5-9-2/h3-8H2,1-2H3;3-6H2,1-2H3. The van der Waals surface area contributed by atoms with Gasteiger partial charge >= 0.3 is 11.9 Å². The van der Waals surface area contributed by atoms with E-state index >= 15 is 0 Å². The molecule has 0 N–H and O–H groups in total. The van der Waals surface area contributed by atoms with Gasteiger partial charge in [0.1, 0.15) is 0 Å². The molecule has 6 nitrogen and oxygen atoms in total. The molecule has 0 aromatic rings. The molecule has 6 heteroatoms. The topological polar surface area (TPSA) is 71.1 Å². The fourth-order valence-electron chi connectivity index (χ4n) is 1.48. The Kier molecular flexibility index (Phi) is 20.9. The molecule has 0 saturated carbocycles. The quantitative estimate of drug-likeness (QED) is 0.407. The van der Waals surface area contributed by atoms with Crippen LogP contribution in [0.4, 0.5) is 0 Å². The summed E-state index contributed by atoms with van der Waals surface area (Å²) in [5.41, 5.74) is 0. The highest BCUT2D eigenvalue weighted by Crippen LogP contribution is 1.99. The van der Waals surface area contributed by atoms with Gasteiger partial charge in [-0.2, -0.15) is 0 Å². The number of methoxy groups -OCH3 is 2. The highest BCUT2D eigenvalue weighted by Gasteiger charge is 1.93. The summed E-state index contributed by atoms with van der Waals surface area (Å²) in [4.78, 5) is 20.6. The van der Waals surface area contributed by atoms with Crippen LogP contribution in [0.5, 0.6) is 0 Å². The maximum absolute atomic E-state index is 10.3. The van der Waals surface area contributed by atoms with E-state index in [1.165, 1.54) is 13.8 Å². The molecule has 0 aliphatic heterocycles. The normalized spacial score (nSPS) is 9.64. The van der Waals surface area contributed by atoms with E-state index < -0.39 is 0 Å². The van der Waals surface area contributed by atoms with E-state index in [1.54, 1.807) is 14.2 Å². The monoisotopic (exact) mass is 320 g/mol. The minimum atomic E-state index is -0.211. The lowest BCUT2D eigenvalue weighted by Crippen LogP contribution is -2.01. The summed E-state index contributed by atoms with van der Waals surface area (Å²) >= 11 is 0. The molecule has 0 atom stereocenters. The summed E-state index contributed by atoms with van der Waals surface area (Å²) in [5.74, 6) is -0.399. The highest BCUT2D eigenvalue weighted by molar-refractivity contribution is 5.66. The second-order valence-electron chi connectivity index (χ2n) is 4.79. The maximum Gasteiger partial charge on any atom is 0.302 e. The van der Waals surface area contributed by atoms with Crippen molar-refractivity contribution >= 4 is 11.9 Å². The van der Waals surface area contributed by atoms with E-state index in [4.69, 9.17) is 18.9 Å². The number of hydrogen-bond acceptors (Lipinski definition) is 6. The molecule has 132 valence electrons. The van der Waals surface area contributed by atoms with Crippen molar-refractivity contribution in [2.24, 2.45) is 0 Å². The molecular formula is C16H32O6. The van der Waals surface area contributed by atoms with Gasteiger partial charge in [0, 0.05) is 41.3 Å². The van der Waals surface area contributed by atoms with Gasteiger partial charge in [0.05, 0.1) is 13.2 Å². The third kappa shape index (κ3) is 27.2. The summed E-state index contributed by atoms with van der Waals surface area (Å²) in [6.07, 6.45) is 6.14. The van der Waals surface area contributed by atoms with Gasteiger partial charge < -0.3 is 18.9 Å². The number of carbonyl (C=O) groups is 2. The van der Waals surface area contributed by atoms with Crippen LogP contribution in [-0.4, -0.2) is 52.6 Å². The Morgan fingerprint density at radius 3 is 1.27 bits per heavy atom. The van der Waals surface area contributed by atoms with Crippen molar-refractivity contribution in [2.45, 2.75) is 52.4 Å². The molecule has 0 aromatic carbocycles. The van der Waals surface area contributed by atoms with E-state index in [0.29, 0.717) is 13.2 Å². The number of carbonyl (C=O) groups excluding carboxylic acids is 2. The molecule has 0 spiro atoms. The fraction of sp³-hybridized carbons (Fsp3) is 0.875. The predicted octanol–water partition coefficient (Wildman–Crippen LogP) is 2.73. The van der Waals surface area contributed by atoms with E-state index in [2.05, 4.69) is 0 Å². The first kappa shape index (κ1) is 23.1. The van der Waals surface area contributed by atoms with Gasteiger partial charge in [-0.15, -0.1) is 0 Å². The minimum Gasteiger partial charge on any atom is -0.466 e. The molecular weight excluding hydrogens is 288 g/mol. The Balaban J connectivity index is 0. The first-order valence-corrected chi connectivity index (χ1v) is 7.79. The van der Waals surface area contributed by atoms with Gasteiger partial charge in [-0.05, 0) is 32.1 Å². The molecule has 0 fully saturated rings. The van der Waals surface area contributed by atoms with Crippen molar-refractivity contribution in [3.63, 3.8) is 0 Å². The number of hydrogen-bond donors (Lipinski definition) is 0. The molecule has 0 heterocycles. The number of rotatable bonds is 12. The van der Waals surface area contributed by atoms with Crippen LogP contribution in [0.3, 0.4) is 0 Å². The zero-order chi connectivity index (χ0) is 17.1. The summed E-state index contributed by atoms with van der Waals surface area (Å²) in [6, 6.07) is 0. The van der Waals surface area contributed by atoms with Crippen molar-refractivity contribution in [2.75, 3.05) is 40.6 Å². The van der Waals surface area contributed by atoms with Crippen LogP contribution in [-0.2, 0) is 28.5 Å². The molecule has 0 aliphatic rings. The zero-order valence-electron chi connectivity index (χ0n) is 14.5. The molecule has 0 radical (unpaired) electrons. The molecule has 0 unspecified atom stereocenters. The third-order valence-electron chi connectivity index (χ3n) is 2.60. The Morgan fingerprint density at radius 2 is 0.909 bits per heavy atom. The van der Waals surface area contributed by atoms with Crippen LogP contribution in [0.15, 0.2) is 0 Å². The average Bonchev–Trinajstić information content (AvgIpc) is 2.46. The fourth-order valence-corrected chi connectivity index (χ4v) is 1.48. The van der Waals surface area contributed by atoms with Gasteiger partial charge in [-0.3, -0.25) is 9.59 Å². The molecule has 0 rings (SSSR count). The van der Waals surface area contributed by atoms with Gasteiger partial charge in [0.15, 0.2) is 0 Å². The predicted molar refractivity (Wildman–Crippen MR) is 84.7 cm³/mol. The molecule has 0 saturated heterocycles. The Hall–Kier alpha value is -1.14. The second kappa shape index (κ2) is 19.9. The van der Waals surface area contributed by atoms with Gasteiger partial charge in [0.2, 0.25) is 0 Å². The van der Waals surface area contributed by atoms with E-state index in [0.717, 1.165) is 51.7 Å². The van der Waals surface area contributed by atoms with Crippen LogP contribution in [0.25, 0.3) is 0 Å². The lowest BCUT2D eigenvalue weighted by molar-refractivity contribution is -0.142. The smallest absolute Gasteiger partial charge is 0.302 e. The number of ether oxygens (including phenoxy) is 4. The van der Waals surface area contributed by atoms with E-state index in [9.17, 15) is 9.59 Å². The third-order valence-corrected chi connectivity index (χ3v) is 2.60. The Morgan fingerprint density at radius 1 is 0.591 bits per heavy atom. The lowest BCUT2D eigenvalue weighted by atomic mass is 10.2. The summed E-state index contributed by atoms with van der Waals surface area (Å²) in [5, 5.41) is 0. The summed E-state index contributed by atoms with van der Waals surface area (Å²) < 4.78 is 19.2. The van der Waals surface area contributed by atoms with E-state index in [-0.39, 0.29) is 11.9 Å². The van der Waals surface area contributed by atoms with Crippen LogP contribution in [0.2, 0.25) is 0 Å². The second-order valence-corrected chi connectivity index (χ2v) is 4.79. The molecule has 0 amide bonds. The van der Waals surface area contributed by atoms with Crippen molar-refractivity contribution in [3.05, 3.63) is 0 Å². The highest BCUT2D eigenvalue weighted by atomic mass is 16.5. The summed E-state index contributed by atoms with van der Waals surface area (Å²) in [6.45, 7) is 5.48. The van der Waals surface area contributed by atoms with Crippen LogP contribution in [0.1, 0.15) is 52.4 Å². The van der Waals surface area contributed by atoms with Crippen LogP contribution in [0, 0.1) is 0 Å². The molecule has 0 aromatic heterocycles. The van der Waals surface area contributed by atoms with Gasteiger partial charge in [-0.25, -0.2) is 0 Å². The van der Waals surface area contributed by atoms with Crippen LogP contribution < -0.4 is 0 Å². The van der Waals surface area contributed by atoms with Crippen molar-refractivity contribution < 1.29 is 28.5 Å². The van der Waals surface area contributed by atoms with Crippen LogP contribution >= 0.6 is 0 Å². The first-order valence-electron chi connectivity index (χ1n) is 7.79. The Bertz CT molecular complexity index is 255. The summed E-state index contributed by atoms with van der Waals surface area (Å²) in [7, 11) is 3.37. The lowest BCUT2D eigenvalue weighted by Gasteiger charge is -2.01. The molecule has 22 heavy (non-hydrogen) atoms.